The van der Waals surface area contributed by atoms with Gasteiger partial charge in [-0.25, -0.2) is 4.79 Å². The number of hydrogen-bond acceptors (Lipinski definition) is 7. The number of rotatable bonds is 9. The quantitative estimate of drug-likeness (QED) is 0.168. The third-order valence-electron chi connectivity index (χ3n) is 7.00. The van der Waals surface area contributed by atoms with E-state index in [9.17, 15) is 24.3 Å². The van der Waals surface area contributed by atoms with E-state index in [4.69, 9.17) is 9.47 Å². The van der Waals surface area contributed by atoms with E-state index < -0.39 is 29.2 Å². The van der Waals surface area contributed by atoms with Crippen molar-refractivity contribution in [2.45, 2.75) is 91.3 Å². The number of hydrogen-bond donors (Lipinski definition) is 1. The van der Waals surface area contributed by atoms with Crippen molar-refractivity contribution < 1.29 is 33.8 Å². The summed E-state index contributed by atoms with van der Waals surface area (Å²) in [6.45, 7) is 8.82. The van der Waals surface area contributed by atoms with Crippen LogP contribution in [0.5, 0.6) is 0 Å². The van der Waals surface area contributed by atoms with Gasteiger partial charge in [0.15, 0.2) is 5.78 Å². The average Bonchev–Trinajstić information content (AvgIpc) is 2.83. The van der Waals surface area contributed by atoms with E-state index in [1.165, 1.54) is 25.7 Å². The molecule has 0 bridgehead atoms. The second-order valence-electron chi connectivity index (χ2n) is 10.3. The van der Waals surface area contributed by atoms with E-state index in [2.05, 4.69) is 22.9 Å². The van der Waals surface area contributed by atoms with Crippen LogP contribution in [0.2, 0.25) is 0 Å². The normalized spacial score (nSPS) is 25.4. The summed E-state index contributed by atoms with van der Waals surface area (Å²) in [4.78, 5) is 52.2. The molecule has 0 fully saturated rings. The van der Waals surface area contributed by atoms with Crippen LogP contribution in [0, 0.1) is 5.92 Å². The Morgan fingerprint density at radius 2 is 1.95 bits per heavy atom. The van der Waals surface area contributed by atoms with E-state index in [0.29, 0.717) is 23.1 Å². The van der Waals surface area contributed by atoms with Gasteiger partial charge in [0, 0.05) is 17.6 Å². The third-order valence-corrected chi connectivity index (χ3v) is 7.78. The maximum Gasteiger partial charge on any atom is 0.334 e. The van der Waals surface area contributed by atoms with Crippen LogP contribution in [0.3, 0.4) is 0 Å². The fraction of sp³-hybridized carbons (Fsp3) is 0.517. The molecule has 200 valence electrons. The highest BCUT2D eigenvalue weighted by Gasteiger charge is 2.52. The number of unbranched alkanes of at least 4 members (excludes halogenated alkanes) is 3. The minimum absolute atomic E-state index is 0.0275. The molecule has 3 rings (SSSR count). The Kier molecular flexibility index (Phi) is 9.29. The summed E-state index contributed by atoms with van der Waals surface area (Å²) in [5.74, 6) is -2.02. The fourth-order valence-corrected chi connectivity index (χ4v) is 5.57. The second kappa shape index (κ2) is 11.9. The largest absolute Gasteiger partial charge is 0.463 e. The maximum absolute atomic E-state index is 13.4. The lowest BCUT2D eigenvalue weighted by Gasteiger charge is -2.33. The standard InChI is InChI=1S/C29H35BrO7/c1-6-7-8-9-10-16(2)11-18(4)28(35)37-29(5)26(33)21-15-36-23(14-20(21)25(30)27(29)34)24-17(3)12-19(31)13-22(24)32/h11,14-16,19,31H,6-10,12-13H2,1-5H3. The molecular weight excluding hydrogens is 540 g/mol. The molecule has 0 saturated heterocycles. The molecule has 1 N–H and O–H groups in total. The Balaban J connectivity index is 1.83. The van der Waals surface area contributed by atoms with Crippen molar-refractivity contribution in [3.05, 3.63) is 56.5 Å². The molecule has 1 heterocycles. The highest BCUT2D eigenvalue weighted by Crippen LogP contribution is 2.41. The highest BCUT2D eigenvalue weighted by molar-refractivity contribution is 9.12. The van der Waals surface area contributed by atoms with Gasteiger partial charge in [-0.2, -0.15) is 0 Å². The van der Waals surface area contributed by atoms with Crippen LogP contribution in [-0.2, 0) is 28.7 Å². The predicted molar refractivity (Wildman–Crippen MR) is 142 cm³/mol. The Morgan fingerprint density at radius 3 is 2.59 bits per heavy atom. The van der Waals surface area contributed by atoms with Gasteiger partial charge in [-0.3, -0.25) is 14.4 Å². The molecule has 0 aromatic carbocycles. The number of carbonyl (C=O) groups is 4. The van der Waals surface area contributed by atoms with Crippen molar-refractivity contribution in [2.75, 3.05) is 0 Å². The molecule has 37 heavy (non-hydrogen) atoms. The first kappa shape index (κ1) is 29.0. The molecule has 0 spiro atoms. The summed E-state index contributed by atoms with van der Waals surface area (Å²) in [5, 5.41) is 9.86. The molecule has 0 radical (unpaired) electrons. The zero-order valence-electron chi connectivity index (χ0n) is 22.1. The summed E-state index contributed by atoms with van der Waals surface area (Å²) in [7, 11) is 0. The van der Waals surface area contributed by atoms with E-state index >= 15 is 0 Å². The lowest BCUT2D eigenvalue weighted by Crippen LogP contribution is -2.51. The van der Waals surface area contributed by atoms with Crippen LogP contribution < -0.4 is 0 Å². The molecule has 7 nitrogen and oxygen atoms in total. The van der Waals surface area contributed by atoms with E-state index in [1.54, 1.807) is 13.8 Å². The van der Waals surface area contributed by atoms with E-state index in [-0.39, 0.29) is 39.5 Å². The smallest absolute Gasteiger partial charge is 0.334 e. The van der Waals surface area contributed by atoms with Gasteiger partial charge >= 0.3 is 5.97 Å². The molecule has 0 aromatic rings. The summed E-state index contributed by atoms with van der Waals surface area (Å²) in [6, 6.07) is 0. The lowest BCUT2D eigenvalue weighted by molar-refractivity contribution is -0.165. The number of fused-ring (bicyclic) bond motifs is 1. The lowest BCUT2D eigenvalue weighted by atomic mass is 9.79. The molecule has 3 aliphatic rings. The van der Waals surface area contributed by atoms with Crippen LogP contribution in [0.15, 0.2) is 56.5 Å². The van der Waals surface area contributed by atoms with Crippen molar-refractivity contribution in [1.29, 1.82) is 0 Å². The van der Waals surface area contributed by atoms with Gasteiger partial charge in [0.1, 0.15) is 12.0 Å². The van der Waals surface area contributed by atoms with Crippen molar-refractivity contribution in [3.8, 4) is 0 Å². The van der Waals surface area contributed by atoms with Crippen LogP contribution in [0.1, 0.15) is 79.6 Å². The molecule has 3 unspecified atom stereocenters. The fourth-order valence-electron chi connectivity index (χ4n) is 4.87. The maximum atomic E-state index is 13.4. The number of allylic oxidation sites excluding steroid dienone is 4. The SMILES string of the molecule is CCCCCCC(C)C=C(C)C(=O)OC1(C)C(=O)C2=COC(C3=C(C)CC(O)CC3=O)=CC2=C(Br)C1=O. The van der Waals surface area contributed by atoms with Gasteiger partial charge in [0.05, 0.1) is 21.7 Å². The van der Waals surface area contributed by atoms with Crippen molar-refractivity contribution >= 4 is 39.2 Å². The van der Waals surface area contributed by atoms with Gasteiger partial charge < -0.3 is 14.6 Å². The first-order chi connectivity index (χ1) is 17.4. The Morgan fingerprint density at radius 1 is 1.24 bits per heavy atom. The van der Waals surface area contributed by atoms with Gasteiger partial charge in [0.25, 0.3) is 0 Å². The van der Waals surface area contributed by atoms with Gasteiger partial charge in [-0.1, -0.05) is 51.2 Å². The molecule has 8 heteroatoms. The molecule has 2 aliphatic carbocycles. The molecule has 0 amide bonds. The van der Waals surface area contributed by atoms with Crippen LogP contribution >= 0.6 is 15.9 Å². The van der Waals surface area contributed by atoms with Gasteiger partial charge in [-0.15, -0.1) is 0 Å². The zero-order chi connectivity index (χ0) is 27.5. The van der Waals surface area contributed by atoms with Gasteiger partial charge in [-0.05, 0) is 61.5 Å². The van der Waals surface area contributed by atoms with Crippen molar-refractivity contribution in [2.24, 2.45) is 5.92 Å². The highest BCUT2D eigenvalue weighted by atomic mass is 79.9. The number of esters is 1. The van der Waals surface area contributed by atoms with E-state index in [1.807, 2.05) is 13.0 Å². The second-order valence-corrected chi connectivity index (χ2v) is 11.1. The monoisotopic (exact) mass is 574 g/mol. The number of ketones is 3. The number of Topliss-reactive ketones (excluding diaryl/α,β-unsaturated/α-hetero) is 3. The molecule has 0 saturated carbocycles. The number of aliphatic hydroxyl groups is 1. The Hall–Kier alpha value is -2.58. The van der Waals surface area contributed by atoms with Crippen LogP contribution in [0.25, 0.3) is 0 Å². The predicted octanol–water partition coefficient (Wildman–Crippen LogP) is 5.48. The number of ether oxygens (including phenoxy) is 2. The van der Waals surface area contributed by atoms with E-state index in [0.717, 1.165) is 25.7 Å². The van der Waals surface area contributed by atoms with Crippen LogP contribution in [0.4, 0.5) is 0 Å². The summed E-state index contributed by atoms with van der Waals surface area (Å²) in [5.41, 5.74) is -0.392. The molecule has 0 aromatic heterocycles. The number of carbonyl (C=O) groups excluding carboxylic acids is 4. The molecular formula is C29H35BrO7. The minimum Gasteiger partial charge on any atom is -0.463 e. The van der Waals surface area contributed by atoms with Crippen LogP contribution in [-0.4, -0.2) is 40.1 Å². The first-order valence-corrected chi connectivity index (χ1v) is 13.6. The third kappa shape index (κ3) is 6.12. The minimum atomic E-state index is -2.06. The number of aliphatic hydroxyl groups excluding tert-OH is 1. The molecule has 3 atom stereocenters. The first-order valence-electron chi connectivity index (χ1n) is 12.8. The summed E-state index contributed by atoms with van der Waals surface area (Å²) >= 11 is 3.29. The topological polar surface area (TPSA) is 107 Å². The van der Waals surface area contributed by atoms with Gasteiger partial charge in [0.2, 0.25) is 17.2 Å². The number of halogens is 1. The van der Waals surface area contributed by atoms with Crippen molar-refractivity contribution in [3.63, 3.8) is 0 Å². The average molecular weight is 575 g/mol. The summed E-state index contributed by atoms with van der Waals surface area (Å²) < 4.78 is 11.3. The Bertz CT molecular complexity index is 1170. The summed E-state index contributed by atoms with van der Waals surface area (Å²) in [6.07, 6.45) is 9.51. The Labute approximate surface area is 226 Å². The van der Waals surface area contributed by atoms with Crippen molar-refractivity contribution in [1.82, 2.24) is 0 Å². The molecule has 1 aliphatic heterocycles. The zero-order valence-corrected chi connectivity index (χ0v) is 23.7.